The summed E-state index contributed by atoms with van der Waals surface area (Å²) in [6, 6.07) is 11.4. The summed E-state index contributed by atoms with van der Waals surface area (Å²) in [5.74, 6) is -0.589. The molecule has 0 aliphatic heterocycles. The maximum Gasteiger partial charge on any atom is 0.416 e. The number of amides is 1. The molecule has 5 nitrogen and oxygen atoms in total. The first-order chi connectivity index (χ1) is 16.2. The quantitative estimate of drug-likeness (QED) is 0.349. The molecule has 1 N–H and O–H groups in total. The molecule has 0 aliphatic rings. The van der Waals surface area contributed by atoms with Crippen molar-refractivity contribution in [2.45, 2.75) is 38.9 Å². The van der Waals surface area contributed by atoms with Crippen LogP contribution in [-0.2, 0) is 17.4 Å². The third kappa shape index (κ3) is 4.61. The minimum atomic E-state index is -4.53. The Bertz CT molecular complexity index is 1390. The lowest BCUT2D eigenvalue weighted by molar-refractivity contribution is -0.137. The van der Waals surface area contributed by atoms with Crippen LogP contribution in [0.2, 0.25) is 0 Å². The van der Waals surface area contributed by atoms with Gasteiger partial charge in [-0.3, -0.25) is 14.2 Å². The second kappa shape index (κ2) is 9.42. The van der Waals surface area contributed by atoms with Gasteiger partial charge in [-0.1, -0.05) is 44.2 Å². The molecule has 0 saturated heterocycles. The molecule has 0 aliphatic carbocycles. The van der Waals surface area contributed by atoms with Gasteiger partial charge in [0.1, 0.15) is 10.9 Å². The van der Waals surface area contributed by atoms with Crippen LogP contribution in [-0.4, -0.2) is 15.5 Å². The number of hydrogen-bond acceptors (Lipinski definition) is 4. The van der Waals surface area contributed by atoms with E-state index in [1.165, 1.54) is 39.9 Å². The van der Waals surface area contributed by atoms with Crippen LogP contribution in [0.1, 0.15) is 37.4 Å². The largest absolute Gasteiger partial charge is 0.416 e. The third-order valence-corrected chi connectivity index (χ3v) is 6.56. The molecular formula is C25H22F3N3O2S. The van der Waals surface area contributed by atoms with Crippen LogP contribution >= 0.6 is 11.3 Å². The van der Waals surface area contributed by atoms with E-state index in [-0.39, 0.29) is 17.7 Å². The summed E-state index contributed by atoms with van der Waals surface area (Å²) >= 11 is 1.34. The minimum Gasteiger partial charge on any atom is -0.324 e. The number of benzene rings is 2. The molecule has 0 saturated carbocycles. The Labute approximate surface area is 197 Å². The van der Waals surface area contributed by atoms with E-state index in [1.54, 1.807) is 6.92 Å². The summed E-state index contributed by atoms with van der Waals surface area (Å²) in [5, 5.41) is 4.80. The zero-order valence-corrected chi connectivity index (χ0v) is 19.3. The number of carbonyl (C=O) groups excluding carboxylic acids is 1. The summed E-state index contributed by atoms with van der Waals surface area (Å²) in [7, 11) is 0. The van der Waals surface area contributed by atoms with Crippen molar-refractivity contribution < 1.29 is 18.0 Å². The van der Waals surface area contributed by atoms with Crippen LogP contribution in [0.3, 0.4) is 0 Å². The maximum absolute atomic E-state index is 13.5. The highest BCUT2D eigenvalue weighted by Gasteiger charge is 2.31. The normalized spacial score (nSPS) is 12.6. The van der Waals surface area contributed by atoms with E-state index in [0.29, 0.717) is 10.2 Å². The predicted molar refractivity (Wildman–Crippen MR) is 128 cm³/mol. The maximum atomic E-state index is 13.5. The van der Waals surface area contributed by atoms with Gasteiger partial charge >= 0.3 is 6.18 Å². The summed E-state index contributed by atoms with van der Waals surface area (Å²) in [4.78, 5) is 31.4. The van der Waals surface area contributed by atoms with Gasteiger partial charge in [0.2, 0.25) is 5.91 Å². The first-order valence-electron chi connectivity index (χ1n) is 10.8. The van der Waals surface area contributed by atoms with E-state index >= 15 is 0 Å². The fraction of sp³-hybridized carbons (Fsp3) is 0.240. The minimum absolute atomic E-state index is 0.00703. The second-order valence-corrected chi connectivity index (χ2v) is 8.69. The molecular weight excluding hydrogens is 463 g/mol. The van der Waals surface area contributed by atoms with Crippen LogP contribution in [0.4, 0.5) is 18.9 Å². The average Bonchev–Trinajstić information content (AvgIpc) is 3.26. The smallest absolute Gasteiger partial charge is 0.324 e. The van der Waals surface area contributed by atoms with Crippen LogP contribution in [0.15, 0.2) is 65.0 Å². The number of fused-ring (bicyclic) bond motifs is 1. The number of nitrogens with one attached hydrogen (secondary N) is 1. The van der Waals surface area contributed by atoms with Gasteiger partial charge in [-0.05, 0) is 42.2 Å². The summed E-state index contributed by atoms with van der Waals surface area (Å²) in [6.07, 6.45) is -2.05. The molecule has 4 aromatic rings. The predicted octanol–water partition coefficient (Wildman–Crippen LogP) is 6.30. The lowest BCUT2D eigenvalue weighted by atomic mass is 10.0. The number of anilines is 1. The standard InChI is InChI=1S/C25H22F3N3O2S/c1-3-15-8-10-16(11-9-15)19-13-34-23-21(19)24(33)31(14-29-23)20(4-2)22(32)30-18-7-5-6-17(12-18)25(26,27)28/h5-14,20H,3-4H2,1-2H3,(H,30,32). The highest BCUT2D eigenvalue weighted by Crippen LogP contribution is 2.32. The van der Waals surface area contributed by atoms with E-state index < -0.39 is 23.7 Å². The van der Waals surface area contributed by atoms with E-state index in [0.717, 1.165) is 29.7 Å². The van der Waals surface area contributed by atoms with Crippen LogP contribution < -0.4 is 10.9 Å². The van der Waals surface area contributed by atoms with Gasteiger partial charge in [-0.2, -0.15) is 13.2 Å². The molecule has 0 radical (unpaired) electrons. The van der Waals surface area contributed by atoms with Gasteiger partial charge in [0.15, 0.2) is 0 Å². The molecule has 2 heterocycles. The highest BCUT2D eigenvalue weighted by atomic mass is 32.1. The van der Waals surface area contributed by atoms with Crippen LogP contribution in [0.5, 0.6) is 0 Å². The summed E-state index contributed by atoms with van der Waals surface area (Å²) in [5.41, 5.74) is 1.57. The van der Waals surface area contributed by atoms with E-state index in [4.69, 9.17) is 0 Å². The SMILES string of the molecule is CCc1ccc(-c2csc3ncn(C(CC)C(=O)Nc4cccc(C(F)(F)F)c4)c(=O)c23)cc1. The molecule has 1 unspecified atom stereocenters. The zero-order chi connectivity index (χ0) is 24.5. The number of thiophene rings is 1. The number of carbonyl (C=O) groups is 1. The third-order valence-electron chi connectivity index (χ3n) is 5.68. The van der Waals surface area contributed by atoms with Crippen molar-refractivity contribution in [3.05, 3.63) is 81.7 Å². The first kappa shape index (κ1) is 23.7. The molecule has 1 amide bonds. The fourth-order valence-electron chi connectivity index (χ4n) is 3.81. The van der Waals surface area contributed by atoms with E-state index in [2.05, 4.69) is 17.2 Å². The average molecular weight is 486 g/mol. The van der Waals surface area contributed by atoms with Crippen LogP contribution in [0.25, 0.3) is 21.3 Å². The lowest BCUT2D eigenvalue weighted by Crippen LogP contribution is -2.33. The molecule has 2 aromatic carbocycles. The zero-order valence-electron chi connectivity index (χ0n) is 18.5. The number of nitrogens with zero attached hydrogens (tertiary/aromatic N) is 2. The van der Waals surface area contributed by atoms with Gasteiger partial charge in [-0.25, -0.2) is 4.98 Å². The number of hydrogen-bond donors (Lipinski definition) is 1. The van der Waals surface area contributed by atoms with Crippen molar-refractivity contribution >= 4 is 33.1 Å². The van der Waals surface area contributed by atoms with Crippen molar-refractivity contribution in [2.75, 3.05) is 5.32 Å². The Morgan fingerprint density at radius 1 is 1.15 bits per heavy atom. The van der Waals surface area contributed by atoms with Gasteiger partial charge < -0.3 is 5.32 Å². The number of halogens is 3. The van der Waals surface area contributed by atoms with Gasteiger partial charge in [0, 0.05) is 16.6 Å². The molecule has 9 heteroatoms. The Morgan fingerprint density at radius 3 is 2.53 bits per heavy atom. The van der Waals surface area contributed by atoms with Gasteiger partial charge in [0.05, 0.1) is 17.3 Å². The number of aromatic nitrogens is 2. The van der Waals surface area contributed by atoms with Crippen LogP contribution in [0, 0.1) is 0 Å². The number of alkyl halides is 3. The summed E-state index contributed by atoms with van der Waals surface area (Å²) < 4.78 is 40.3. The van der Waals surface area contributed by atoms with Crippen molar-refractivity contribution in [1.82, 2.24) is 9.55 Å². The molecule has 0 bridgehead atoms. The van der Waals surface area contributed by atoms with E-state index in [9.17, 15) is 22.8 Å². The molecule has 4 rings (SSSR count). The molecule has 0 spiro atoms. The Morgan fingerprint density at radius 2 is 1.88 bits per heavy atom. The van der Waals surface area contributed by atoms with Crippen molar-refractivity contribution in [1.29, 1.82) is 0 Å². The Kier molecular flexibility index (Phi) is 6.56. The van der Waals surface area contributed by atoms with Gasteiger partial charge in [0.25, 0.3) is 5.56 Å². The van der Waals surface area contributed by atoms with Gasteiger partial charge in [-0.15, -0.1) is 11.3 Å². The topological polar surface area (TPSA) is 64.0 Å². The lowest BCUT2D eigenvalue weighted by Gasteiger charge is -2.18. The monoisotopic (exact) mass is 485 g/mol. The highest BCUT2D eigenvalue weighted by molar-refractivity contribution is 7.17. The molecule has 0 fully saturated rings. The molecule has 2 aromatic heterocycles. The Balaban J connectivity index is 1.69. The summed E-state index contributed by atoms with van der Waals surface area (Å²) in [6.45, 7) is 3.79. The van der Waals surface area contributed by atoms with Crippen molar-refractivity contribution in [3.63, 3.8) is 0 Å². The molecule has 34 heavy (non-hydrogen) atoms. The second-order valence-electron chi connectivity index (χ2n) is 7.83. The van der Waals surface area contributed by atoms with Crippen molar-refractivity contribution in [3.8, 4) is 11.1 Å². The number of aryl methyl sites for hydroxylation is 1. The van der Waals surface area contributed by atoms with Crippen molar-refractivity contribution in [2.24, 2.45) is 0 Å². The first-order valence-corrected chi connectivity index (χ1v) is 11.7. The molecule has 176 valence electrons. The van der Waals surface area contributed by atoms with E-state index in [1.807, 2.05) is 29.6 Å². The fourth-order valence-corrected chi connectivity index (χ4v) is 4.71. The molecule has 1 atom stereocenters. The number of rotatable bonds is 6. The Hall–Kier alpha value is -3.46.